The summed E-state index contributed by atoms with van der Waals surface area (Å²) < 4.78 is 64.8. The Hall–Kier alpha value is -2.20. The molecule has 0 unspecified atom stereocenters. The predicted molar refractivity (Wildman–Crippen MR) is 93.6 cm³/mol. The van der Waals surface area contributed by atoms with Gasteiger partial charge in [0.15, 0.2) is 0 Å². The highest BCUT2D eigenvalue weighted by Crippen LogP contribution is 2.29. The van der Waals surface area contributed by atoms with E-state index in [1.54, 1.807) is 12.3 Å². The highest BCUT2D eigenvalue weighted by atomic mass is 32.2. The number of sulfonamides is 1. The van der Waals surface area contributed by atoms with Crippen LogP contribution in [0.1, 0.15) is 30.5 Å². The van der Waals surface area contributed by atoms with Crippen LogP contribution in [0.5, 0.6) is 0 Å². The number of nitrogens with one attached hydrogen (secondary N) is 1. The van der Waals surface area contributed by atoms with Gasteiger partial charge in [0.25, 0.3) is 0 Å². The molecule has 0 amide bonds. The Balaban J connectivity index is 1.68. The molecule has 1 aliphatic heterocycles. The first-order valence-electron chi connectivity index (χ1n) is 8.49. The third-order valence-corrected chi connectivity index (χ3v) is 5.69. The molecule has 1 fully saturated rings. The van der Waals surface area contributed by atoms with Crippen LogP contribution < -0.4 is 9.62 Å². The van der Waals surface area contributed by atoms with Gasteiger partial charge < -0.3 is 4.90 Å². The summed E-state index contributed by atoms with van der Waals surface area (Å²) >= 11 is 0. The van der Waals surface area contributed by atoms with Crippen molar-refractivity contribution in [2.24, 2.45) is 0 Å². The number of halogens is 3. The molecule has 0 atom stereocenters. The number of piperidine rings is 1. The molecule has 2 aromatic rings. The predicted octanol–water partition coefficient (Wildman–Crippen LogP) is 2.96. The largest absolute Gasteiger partial charge is 0.416 e. The zero-order chi connectivity index (χ0) is 19.5. The summed E-state index contributed by atoms with van der Waals surface area (Å²) in [6, 6.07) is 4.96. The summed E-state index contributed by atoms with van der Waals surface area (Å²) in [5, 5.41) is 0. The van der Waals surface area contributed by atoms with Crippen LogP contribution in [0.4, 0.5) is 19.1 Å². The molecule has 146 valence electrons. The molecule has 1 N–H and O–H groups in total. The van der Waals surface area contributed by atoms with E-state index in [4.69, 9.17) is 0 Å². The Labute approximate surface area is 155 Å². The molecule has 0 spiro atoms. The van der Waals surface area contributed by atoms with Gasteiger partial charge in [-0.15, -0.1) is 0 Å². The maximum Gasteiger partial charge on any atom is 0.416 e. The van der Waals surface area contributed by atoms with E-state index in [2.05, 4.69) is 19.6 Å². The van der Waals surface area contributed by atoms with Gasteiger partial charge in [-0.1, -0.05) is 0 Å². The molecule has 0 bridgehead atoms. The molecule has 10 heteroatoms. The second-order valence-electron chi connectivity index (χ2n) is 6.24. The van der Waals surface area contributed by atoms with Gasteiger partial charge in [-0.3, -0.25) is 0 Å². The zero-order valence-corrected chi connectivity index (χ0v) is 15.2. The maximum atomic E-state index is 12.6. The highest BCUT2D eigenvalue weighted by Gasteiger charge is 2.30. The minimum Gasteiger partial charge on any atom is -0.341 e. The fourth-order valence-electron chi connectivity index (χ4n) is 2.80. The molecule has 27 heavy (non-hydrogen) atoms. The standard InChI is InChI=1S/C17H19F3N4O2S/c18-17(19,20)13-4-6-15(7-5-13)27(25,26)22-12-14-8-9-21-16(23-14)24-10-2-1-3-11-24/h4-9,22H,1-3,10-12H2. The Morgan fingerprint density at radius 2 is 1.70 bits per heavy atom. The van der Waals surface area contributed by atoms with Crippen LogP contribution >= 0.6 is 0 Å². The lowest BCUT2D eigenvalue weighted by atomic mass is 10.1. The highest BCUT2D eigenvalue weighted by molar-refractivity contribution is 7.89. The second-order valence-corrected chi connectivity index (χ2v) is 8.01. The van der Waals surface area contributed by atoms with E-state index < -0.39 is 21.8 Å². The van der Waals surface area contributed by atoms with E-state index in [1.165, 1.54) is 6.42 Å². The van der Waals surface area contributed by atoms with Crippen molar-refractivity contribution in [3.05, 3.63) is 47.8 Å². The fraction of sp³-hybridized carbons (Fsp3) is 0.412. The van der Waals surface area contributed by atoms with E-state index in [1.807, 2.05) is 0 Å². The lowest BCUT2D eigenvalue weighted by Gasteiger charge is -2.26. The van der Waals surface area contributed by atoms with Crippen molar-refractivity contribution in [1.29, 1.82) is 0 Å². The van der Waals surface area contributed by atoms with Crippen LogP contribution in [0.25, 0.3) is 0 Å². The number of nitrogens with zero attached hydrogens (tertiary/aromatic N) is 3. The number of alkyl halides is 3. The average Bonchev–Trinajstić information content (AvgIpc) is 2.67. The Kier molecular flexibility index (Phi) is 5.66. The first-order chi connectivity index (χ1) is 12.8. The molecular weight excluding hydrogens is 381 g/mol. The smallest absolute Gasteiger partial charge is 0.341 e. The summed E-state index contributed by atoms with van der Waals surface area (Å²) in [5.41, 5.74) is -0.413. The lowest BCUT2D eigenvalue weighted by Crippen LogP contribution is -2.31. The van der Waals surface area contributed by atoms with Crippen LogP contribution in [-0.4, -0.2) is 31.5 Å². The van der Waals surface area contributed by atoms with E-state index in [0.29, 0.717) is 11.6 Å². The average molecular weight is 400 g/mol. The first-order valence-corrected chi connectivity index (χ1v) is 9.98. The van der Waals surface area contributed by atoms with Crippen LogP contribution in [-0.2, 0) is 22.7 Å². The Morgan fingerprint density at radius 1 is 1.04 bits per heavy atom. The van der Waals surface area contributed by atoms with Gasteiger partial charge >= 0.3 is 6.18 Å². The van der Waals surface area contributed by atoms with Gasteiger partial charge in [-0.05, 0) is 49.6 Å². The Morgan fingerprint density at radius 3 is 2.33 bits per heavy atom. The van der Waals surface area contributed by atoms with Crippen molar-refractivity contribution >= 4 is 16.0 Å². The minimum atomic E-state index is -4.51. The number of anilines is 1. The summed E-state index contributed by atoms with van der Waals surface area (Å²) in [5.74, 6) is 0.556. The number of hydrogen-bond acceptors (Lipinski definition) is 5. The lowest BCUT2D eigenvalue weighted by molar-refractivity contribution is -0.137. The van der Waals surface area contributed by atoms with Gasteiger partial charge in [0.1, 0.15) is 0 Å². The van der Waals surface area contributed by atoms with Crippen molar-refractivity contribution in [1.82, 2.24) is 14.7 Å². The number of hydrogen-bond donors (Lipinski definition) is 1. The van der Waals surface area contributed by atoms with Crippen LogP contribution in [0.15, 0.2) is 41.4 Å². The maximum absolute atomic E-state index is 12.6. The molecule has 6 nitrogen and oxygen atoms in total. The third-order valence-electron chi connectivity index (χ3n) is 4.27. The van der Waals surface area contributed by atoms with E-state index in [0.717, 1.165) is 50.2 Å². The van der Waals surface area contributed by atoms with Crippen LogP contribution in [0, 0.1) is 0 Å². The fourth-order valence-corrected chi connectivity index (χ4v) is 3.80. The van der Waals surface area contributed by atoms with Crippen molar-refractivity contribution in [2.45, 2.75) is 36.9 Å². The van der Waals surface area contributed by atoms with E-state index in [-0.39, 0.29) is 11.4 Å². The second kappa shape index (κ2) is 7.81. The van der Waals surface area contributed by atoms with Gasteiger partial charge in [0.2, 0.25) is 16.0 Å². The molecule has 3 rings (SSSR count). The Bertz CT molecular complexity index is 880. The monoisotopic (exact) mass is 400 g/mol. The molecule has 0 aliphatic carbocycles. The molecular formula is C17H19F3N4O2S. The topological polar surface area (TPSA) is 75.2 Å². The summed E-state index contributed by atoms with van der Waals surface area (Å²) in [6.07, 6.45) is 0.353. The SMILES string of the molecule is O=S(=O)(NCc1ccnc(N2CCCCC2)n1)c1ccc(C(F)(F)F)cc1. The zero-order valence-electron chi connectivity index (χ0n) is 14.4. The third kappa shape index (κ3) is 4.95. The summed E-state index contributed by atoms with van der Waals surface area (Å²) in [6.45, 7) is 1.65. The van der Waals surface area contributed by atoms with Gasteiger partial charge in [0, 0.05) is 19.3 Å². The van der Waals surface area contributed by atoms with Crippen molar-refractivity contribution in [3.63, 3.8) is 0 Å². The van der Waals surface area contributed by atoms with Crippen molar-refractivity contribution in [3.8, 4) is 0 Å². The van der Waals surface area contributed by atoms with E-state index in [9.17, 15) is 21.6 Å². The summed E-state index contributed by atoms with van der Waals surface area (Å²) in [7, 11) is -3.95. The molecule has 1 aliphatic rings. The number of rotatable bonds is 5. The molecule has 1 aromatic heterocycles. The molecule has 0 saturated carbocycles. The molecule has 1 aromatic carbocycles. The van der Waals surface area contributed by atoms with Crippen molar-refractivity contribution in [2.75, 3.05) is 18.0 Å². The minimum absolute atomic E-state index is 0.0767. The van der Waals surface area contributed by atoms with Crippen molar-refractivity contribution < 1.29 is 21.6 Å². The van der Waals surface area contributed by atoms with Gasteiger partial charge in [0.05, 0.1) is 22.7 Å². The van der Waals surface area contributed by atoms with Gasteiger partial charge in [-0.2, -0.15) is 13.2 Å². The quantitative estimate of drug-likeness (QED) is 0.835. The molecule has 1 saturated heterocycles. The number of benzene rings is 1. The molecule has 2 heterocycles. The van der Waals surface area contributed by atoms with Gasteiger partial charge in [-0.25, -0.2) is 23.1 Å². The first kappa shape index (κ1) is 19.6. The normalized spacial score (nSPS) is 15.7. The summed E-state index contributed by atoms with van der Waals surface area (Å²) in [4.78, 5) is 10.4. The number of aromatic nitrogens is 2. The van der Waals surface area contributed by atoms with E-state index >= 15 is 0 Å². The van der Waals surface area contributed by atoms with Crippen LogP contribution in [0.2, 0.25) is 0 Å². The van der Waals surface area contributed by atoms with Crippen LogP contribution in [0.3, 0.4) is 0 Å². The molecule has 0 radical (unpaired) electrons.